The van der Waals surface area contributed by atoms with Crippen LogP contribution in [-0.2, 0) is 4.79 Å². The Kier molecular flexibility index (Phi) is 5.72. The van der Waals surface area contributed by atoms with Crippen molar-refractivity contribution in [2.24, 2.45) is 0 Å². The first-order chi connectivity index (χ1) is 13.3. The summed E-state index contributed by atoms with van der Waals surface area (Å²) in [5.74, 6) is -0.388. The zero-order valence-corrected chi connectivity index (χ0v) is 16.1. The van der Waals surface area contributed by atoms with Gasteiger partial charge in [-0.05, 0) is 31.2 Å². The van der Waals surface area contributed by atoms with Crippen molar-refractivity contribution in [1.82, 2.24) is 4.98 Å². The number of halogens is 1. The van der Waals surface area contributed by atoms with Crippen LogP contribution in [0.1, 0.15) is 11.1 Å². The lowest BCUT2D eigenvalue weighted by Crippen LogP contribution is -2.20. The number of aromatic nitrogens is 1. The Labute approximate surface area is 167 Å². The zero-order valence-electron chi connectivity index (χ0n) is 14.6. The topological polar surface area (TPSA) is 105 Å². The number of benzene rings is 2. The summed E-state index contributed by atoms with van der Waals surface area (Å²) in [6.07, 6.45) is 2.73. The normalized spacial score (nSPS) is 12.2. The van der Waals surface area contributed by atoms with Crippen molar-refractivity contribution >= 4 is 52.4 Å². The molecule has 3 rings (SSSR count). The van der Waals surface area contributed by atoms with Crippen molar-refractivity contribution in [2.75, 3.05) is 5.32 Å². The van der Waals surface area contributed by atoms with Crippen molar-refractivity contribution in [3.05, 3.63) is 88.3 Å². The van der Waals surface area contributed by atoms with E-state index in [1.54, 1.807) is 12.1 Å². The van der Waals surface area contributed by atoms with Crippen LogP contribution in [0.15, 0.2) is 47.3 Å². The van der Waals surface area contributed by atoms with Crippen LogP contribution in [0.25, 0.3) is 12.2 Å². The molecule has 1 heterocycles. The standard InChI is InChI=1S/C19H14ClN3O4S/c1-11-2-4-13(5-3-11)21-17(24)10-18-22-19(25)16(28-18)9-12-8-14(23(26)27)6-7-15(12)20/h2-10H,1H3,(H,21,24)(H,22,25). The van der Waals surface area contributed by atoms with Gasteiger partial charge in [0.15, 0.2) is 0 Å². The van der Waals surface area contributed by atoms with Gasteiger partial charge in [0.05, 0.1) is 9.46 Å². The fraction of sp³-hybridized carbons (Fsp3) is 0.0526. The Hall–Kier alpha value is -3.23. The van der Waals surface area contributed by atoms with Gasteiger partial charge in [-0.15, -0.1) is 11.3 Å². The lowest BCUT2D eigenvalue weighted by Gasteiger charge is -2.01. The summed E-state index contributed by atoms with van der Waals surface area (Å²) in [5, 5.41) is 13.9. The number of aryl methyl sites for hydroxylation is 1. The fourth-order valence-electron chi connectivity index (χ4n) is 2.36. The number of carbonyl (C=O) groups is 1. The number of hydrogen-bond acceptors (Lipinski definition) is 5. The zero-order chi connectivity index (χ0) is 20.3. The van der Waals surface area contributed by atoms with E-state index in [1.165, 1.54) is 30.4 Å². The summed E-state index contributed by atoms with van der Waals surface area (Å²) in [4.78, 5) is 37.2. The second kappa shape index (κ2) is 8.20. The summed E-state index contributed by atoms with van der Waals surface area (Å²) >= 11 is 7.11. The molecular weight excluding hydrogens is 402 g/mol. The molecule has 1 amide bonds. The molecular formula is C19H14ClN3O4S. The largest absolute Gasteiger partial charge is 0.322 e. The summed E-state index contributed by atoms with van der Waals surface area (Å²) < 4.78 is 0.624. The van der Waals surface area contributed by atoms with E-state index in [9.17, 15) is 19.7 Å². The van der Waals surface area contributed by atoms with Crippen molar-refractivity contribution in [3.63, 3.8) is 0 Å². The number of thiazole rings is 1. The maximum Gasteiger partial charge on any atom is 0.270 e. The molecule has 9 heteroatoms. The smallest absolute Gasteiger partial charge is 0.270 e. The number of anilines is 1. The van der Waals surface area contributed by atoms with Gasteiger partial charge in [0.1, 0.15) is 4.66 Å². The molecule has 0 unspecified atom stereocenters. The average Bonchev–Trinajstić information content (AvgIpc) is 2.97. The fourth-order valence-corrected chi connectivity index (χ4v) is 3.40. The molecule has 0 bridgehead atoms. The SMILES string of the molecule is Cc1ccc(NC(=O)C=c2[nH]c(=O)c(=Cc3cc([N+](=O)[O-])ccc3Cl)s2)cc1. The molecule has 2 aromatic carbocycles. The first-order valence-electron chi connectivity index (χ1n) is 8.06. The highest BCUT2D eigenvalue weighted by Crippen LogP contribution is 2.22. The third kappa shape index (κ3) is 4.73. The number of nitrogens with zero attached hydrogens (tertiary/aromatic N) is 1. The van der Waals surface area contributed by atoms with Crippen LogP contribution in [0.3, 0.4) is 0 Å². The number of rotatable bonds is 4. The highest BCUT2D eigenvalue weighted by atomic mass is 35.5. The Morgan fingerprint density at radius 1 is 1.25 bits per heavy atom. The van der Waals surface area contributed by atoms with Gasteiger partial charge >= 0.3 is 0 Å². The lowest BCUT2D eigenvalue weighted by atomic mass is 10.2. The number of non-ortho nitro benzene ring substituents is 1. The van der Waals surface area contributed by atoms with Gasteiger partial charge in [-0.3, -0.25) is 19.7 Å². The summed E-state index contributed by atoms with van der Waals surface area (Å²) in [6, 6.07) is 11.3. The number of amides is 1. The third-order valence-electron chi connectivity index (χ3n) is 3.74. The Morgan fingerprint density at radius 2 is 1.96 bits per heavy atom. The van der Waals surface area contributed by atoms with E-state index in [2.05, 4.69) is 10.3 Å². The minimum Gasteiger partial charge on any atom is -0.322 e. The number of nitrogens with one attached hydrogen (secondary N) is 2. The number of H-pyrrole nitrogens is 1. The highest BCUT2D eigenvalue weighted by Gasteiger charge is 2.09. The molecule has 0 spiro atoms. The quantitative estimate of drug-likeness (QED) is 0.504. The molecule has 0 radical (unpaired) electrons. The Balaban J connectivity index is 1.91. The van der Waals surface area contributed by atoms with Crippen LogP contribution in [0.4, 0.5) is 11.4 Å². The first-order valence-corrected chi connectivity index (χ1v) is 9.25. The molecule has 142 valence electrons. The van der Waals surface area contributed by atoms with Crippen LogP contribution in [0, 0.1) is 17.0 Å². The van der Waals surface area contributed by atoms with Gasteiger partial charge in [0.25, 0.3) is 17.2 Å². The van der Waals surface area contributed by atoms with Crippen LogP contribution >= 0.6 is 22.9 Å². The van der Waals surface area contributed by atoms with Crippen LogP contribution in [-0.4, -0.2) is 15.8 Å². The van der Waals surface area contributed by atoms with E-state index in [0.29, 0.717) is 15.9 Å². The Bertz CT molecular complexity index is 1230. The second-order valence-electron chi connectivity index (χ2n) is 5.89. The number of nitro benzene ring substituents is 1. The average molecular weight is 416 g/mol. The molecule has 2 N–H and O–H groups in total. The van der Waals surface area contributed by atoms with Gasteiger partial charge in [0.2, 0.25) is 0 Å². The van der Waals surface area contributed by atoms with Crippen LogP contribution < -0.4 is 20.1 Å². The molecule has 7 nitrogen and oxygen atoms in total. The molecule has 1 aromatic heterocycles. The minimum atomic E-state index is -0.541. The number of aromatic amines is 1. The third-order valence-corrected chi connectivity index (χ3v) is 5.05. The molecule has 0 aliphatic carbocycles. The summed E-state index contributed by atoms with van der Waals surface area (Å²) in [7, 11) is 0. The molecule has 0 atom stereocenters. The molecule has 0 saturated carbocycles. The van der Waals surface area contributed by atoms with Crippen molar-refractivity contribution in [3.8, 4) is 0 Å². The maximum atomic E-state index is 12.1. The van der Waals surface area contributed by atoms with Gasteiger partial charge in [-0.25, -0.2) is 0 Å². The predicted octanol–water partition coefficient (Wildman–Crippen LogP) is 2.55. The van der Waals surface area contributed by atoms with Crippen LogP contribution in [0.5, 0.6) is 0 Å². The maximum absolute atomic E-state index is 12.1. The highest BCUT2D eigenvalue weighted by molar-refractivity contribution is 7.07. The van der Waals surface area contributed by atoms with E-state index >= 15 is 0 Å². The molecule has 0 saturated heterocycles. The van der Waals surface area contributed by atoms with Crippen molar-refractivity contribution < 1.29 is 9.72 Å². The summed E-state index contributed by atoms with van der Waals surface area (Å²) in [5.41, 5.74) is 1.51. The predicted molar refractivity (Wildman–Crippen MR) is 110 cm³/mol. The first kappa shape index (κ1) is 19.5. The Morgan fingerprint density at radius 3 is 2.64 bits per heavy atom. The molecule has 0 aliphatic rings. The minimum absolute atomic E-state index is 0.132. The van der Waals surface area contributed by atoms with E-state index in [4.69, 9.17) is 11.6 Å². The molecule has 28 heavy (non-hydrogen) atoms. The number of nitro groups is 1. The van der Waals surface area contributed by atoms with Crippen molar-refractivity contribution in [2.45, 2.75) is 6.92 Å². The molecule has 3 aromatic rings. The van der Waals surface area contributed by atoms with E-state index < -0.39 is 10.5 Å². The van der Waals surface area contributed by atoms with E-state index in [0.717, 1.165) is 16.9 Å². The monoisotopic (exact) mass is 415 g/mol. The summed E-state index contributed by atoms with van der Waals surface area (Å²) in [6.45, 7) is 1.94. The van der Waals surface area contributed by atoms with Gasteiger partial charge in [-0.2, -0.15) is 0 Å². The second-order valence-corrected chi connectivity index (χ2v) is 7.38. The van der Waals surface area contributed by atoms with Crippen molar-refractivity contribution in [1.29, 1.82) is 0 Å². The lowest BCUT2D eigenvalue weighted by molar-refractivity contribution is -0.384. The van der Waals surface area contributed by atoms with Gasteiger partial charge in [0, 0.05) is 34.5 Å². The number of hydrogen-bond donors (Lipinski definition) is 2. The van der Waals surface area contributed by atoms with E-state index in [1.807, 2.05) is 19.1 Å². The number of carbonyl (C=O) groups excluding carboxylic acids is 1. The molecule has 0 fully saturated rings. The van der Waals surface area contributed by atoms with Gasteiger partial charge in [-0.1, -0.05) is 29.3 Å². The van der Waals surface area contributed by atoms with Gasteiger partial charge < -0.3 is 10.3 Å². The van der Waals surface area contributed by atoms with Crippen LogP contribution in [0.2, 0.25) is 5.02 Å². The van der Waals surface area contributed by atoms with E-state index in [-0.39, 0.29) is 21.1 Å². The molecule has 0 aliphatic heterocycles.